The van der Waals surface area contributed by atoms with Crippen LogP contribution in [0, 0.1) is 0 Å². The van der Waals surface area contributed by atoms with Crippen LogP contribution in [0.2, 0.25) is 0 Å². The Kier molecular flexibility index (Phi) is 24.4. The topological polar surface area (TPSA) is 98.0 Å². The zero-order chi connectivity index (χ0) is 11.3. The number of carbonyl (C=O) groups is 1. The van der Waals surface area contributed by atoms with Gasteiger partial charge in [-0.05, 0) is 13.3 Å². The Balaban J connectivity index is -0.000000117. The Labute approximate surface area is 78.6 Å². The molecule has 0 aliphatic rings. The summed E-state index contributed by atoms with van der Waals surface area (Å²) in [5, 5.41) is 31.3. The SMILES string of the molecule is CC(=O)O.CC(O)CO.CCCO. The monoisotopic (exact) mass is 196 g/mol. The van der Waals surface area contributed by atoms with Crippen LogP contribution >= 0.6 is 0 Å². The molecule has 5 heteroatoms. The Morgan fingerprint density at radius 2 is 1.54 bits per heavy atom. The van der Waals surface area contributed by atoms with Gasteiger partial charge < -0.3 is 20.4 Å². The number of hydrogen-bond donors (Lipinski definition) is 4. The summed E-state index contributed by atoms with van der Waals surface area (Å²) in [4.78, 5) is 9.00. The summed E-state index contributed by atoms with van der Waals surface area (Å²) in [6, 6.07) is 0. The molecule has 0 spiro atoms. The first-order chi connectivity index (χ1) is 5.92. The Bertz CT molecular complexity index is 86.5. The summed E-state index contributed by atoms with van der Waals surface area (Å²) in [5.74, 6) is -0.833. The molecule has 0 heterocycles. The fourth-order valence-electron chi connectivity index (χ4n) is 0. The molecule has 5 nitrogen and oxygen atoms in total. The molecule has 0 fully saturated rings. The average Bonchev–Trinajstić information content (AvgIpc) is 2.04. The van der Waals surface area contributed by atoms with Gasteiger partial charge in [-0.15, -0.1) is 0 Å². The minimum Gasteiger partial charge on any atom is -0.481 e. The summed E-state index contributed by atoms with van der Waals surface area (Å²) in [7, 11) is 0. The summed E-state index contributed by atoms with van der Waals surface area (Å²) in [6.07, 6.45) is 0.315. The second kappa shape index (κ2) is 17.4. The maximum atomic E-state index is 9.00. The van der Waals surface area contributed by atoms with Gasteiger partial charge in [0.1, 0.15) is 0 Å². The third kappa shape index (κ3) is 180. The van der Waals surface area contributed by atoms with Crippen molar-refractivity contribution in [3.63, 3.8) is 0 Å². The van der Waals surface area contributed by atoms with Gasteiger partial charge in [0.25, 0.3) is 5.97 Å². The lowest BCUT2D eigenvalue weighted by Crippen LogP contribution is -2.03. The minimum atomic E-state index is -0.833. The highest BCUT2D eigenvalue weighted by Gasteiger charge is 1.83. The van der Waals surface area contributed by atoms with Crippen molar-refractivity contribution in [3.05, 3.63) is 0 Å². The number of hydrogen-bond acceptors (Lipinski definition) is 4. The van der Waals surface area contributed by atoms with Gasteiger partial charge in [0.2, 0.25) is 0 Å². The molecule has 0 radical (unpaired) electrons. The second-order valence-corrected chi connectivity index (χ2v) is 2.27. The first kappa shape index (κ1) is 18.2. The second-order valence-electron chi connectivity index (χ2n) is 2.27. The van der Waals surface area contributed by atoms with Gasteiger partial charge in [0.15, 0.2) is 0 Å². The van der Waals surface area contributed by atoms with Crippen molar-refractivity contribution in [2.24, 2.45) is 0 Å². The van der Waals surface area contributed by atoms with E-state index in [1.54, 1.807) is 0 Å². The summed E-state index contributed by atoms with van der Waals surface area (Å²) < 4.78 is 0. The van der Waals surface area contributed by atoms with E-state index >= 15 is 0 Å². The van der Waals surface area contributed by atoms with Gasteiger partial charge in [0, 0.05) is 13.5 Å². The summed E-state index contributed by atoms with van der Waals surface area (Å²) in [5.41, 5.74) is 0. The molecule has 82 valence electrons. The normalized spacial score (nSPS) is 10.0. The van der Waals surface area contributed by atoms with Crippen LogP contribution in [0.5, 0.6) is 0 Å². The van der Waals surface area contributed by atoms with Crippen molar-refractivity contribution < 1.29 is 25.2 Å². The van der Waals surface area contributed by atoms with E-state index < -0.39 is 12.1 Å². The highest BCUT2D eigenvalue weighted by atomic mass is 16.4. The van der Waals surface area contributed by atoms with E-state index in [0.29, 0.717) is 6.61 Å². The zero-order valence-electron chi connectivity index (χ0n) is 8.40. The van der Waals surface area contributed by atoms with Gasteiger partial charge in [0.05, 0.1) is 12.7 Å². The van der Waals surface area contributed by atoms with Crippen LogP contribution in [0.25, 0.3) is 0 Å². The third-order valence-corrected chi connectivity index (χ3v) is 0.488. The summed E-state index contributed by atoms with van der Waals surface area (Å²) in [6.45, 7) is 4.72. The van der Waals surface area contributed by atoms with Crippen LogP contribution in [0.3, 0.4) is 0 Å². The lowest BCUT2D eigenvalue weighted by atomic mass is 10.5. The van der Waals surface area contributed by atoms with Gasteiger partial charge in [-0.3, -0.25) is 4.79 Å². The predicted molar refractivity (Wildman–Crippen MR) is 49.5 cm³/mol. The van der Waals surface area contributed by atoms with Crippen LogP contribution < -0.4 is 0 Å². The molecule has 0 saturated carbocycles. The maximum absolute atomic E-state index is 9.00. The van der Waals surface area contributed by atoms with Crippen molar-refractivity contribution in [1.29, 1.82) is 0 Å². The fraction of sp³-hybridized carbons (Fsp3) is 0.875. The quantitative estimate of drug-likeness (QED) is 0.492. The average molecular weight is 196 g/mol. The molecular formula is C8H20O5. The molecule has 0 saturated heterocycles. The van der Waals surface area contributed by atoms with E-state index in [2.05, 4.69) is 0 Å². The number of aliphatic carboxylic acids is 1. The first-order valence-corrected chi connectivity index (χ1v) is 4.01. The van der Waals surface area contributed by atoms with Gasteiger partial charge >= 0.3 is 0 Å². The molecule has 0 aliphatic carbocycles. The Morgan fingerprint density at radius 1 is 1.38 bits per heavy atom. The molecule has 0 aromatic rings. The number of aliphatic hydroxyl groups is 3. The van der Waals surface area contributed by atoms with E-state index in [1.807, 2.05) is 6.92 Å². The van der Waals surface area contributed by atoms with Gasteiger partial charge in [-0.2, -0.15) is 0 Å². The molecule has 0 aromatic carbocycles. The lowest BCUT2D eigenvalue weighted by molar-refractivity contribution is -0.134. The van der Waals surface area contributed by atoms with Crippen LogP contribution in [-0.4, -0.2) is 45.7 Å². The molecule has 1 unspecified atom stereocenters. The van der Waals surface area contributed by atoms with Crippen molar-refractivity contribution in [1.82, 2.24) is 0 Å². The largest absolute Gasteiger partial charge is 0.481 e. The smallest absolute Gasteiger partial charge is 0.300 e. The molecule has 13 heavy (non-hydrogen) atoms. The molecule has 1 atom stereocenters. The van der Waals surface area contributed by atoms with Crippen molar-refractivity contribution in [2.45, 2.75) is 33.3 Å². The maximum Gasteiger partial charge on any atom is 0.300 e. The van der Waals surface area contributed by atoms with Crippen LogP contribution in [-0.2, 0) is 4.79 Å². The minimum absolute atomic E-state index is 0.139. The zero-order valence-corrected chi connectivity index (χ0v) is 8.40. The Morgan fingerprint density at radius 3 is 1.54 bits per heavy atom. The van der Waals surface area contributed by atoms with E-state index in [-0.39, 0.29) is 6.61 Å². The molecular weight excluding hydrogens is 176 g/mol. The number of aliphatic hydroxyl groups excluding tert-OH is 3. The third-order valence-electron chi connectivity index (χ3n) is 0.488. The molecule has 0 aromatic heterocycles. The first-order valence-electron chi connectivity index (χ1n) is 4.01. The lowest BCUT2D eigenvalue weighted by Gasteiger charge is -1.90. The predicted octanol–water partition coefficient (Wildman–Crippen LogP) is -0.161. The number of rotatable bonds is 2. The highest BCUT2D eigenvalue weighted by Crippen LogP contribution is 1.68. The van der Waals surface area contributed by atoms with Crippen LogP contribution in [0.1, 0.15) is 27.2 Å². The fourth-order valence-corrected chi connectivity index (χ4v) is 0. The van der Waals surface area contributed by atoms with Crippen molar-refractivity contribution in [2.75, 3.05) is 13.2 Å². The molecule has 0 bridgehead atoms. The van der Waals surface area contributed by atoms with Crippen molar-refractivity contribution in [3.8, 4) is 0 Å². The Hall–Kier alpha value is -0.650. The van der Waals surface area contributed by atoms with E-state index in [1.165, 1.54) is 6.92 Å². The number of carboxylic acid groups (broad SMARTS) is 1. The molecule has 0 rings (SSSR count). The molecule has 4 N–H and O–H groups in total. The van der Waals surface area contributed by atoms with Gasteiger partial charge in [-0.25, -0.2) is 0 Å². The van der Waals surface area contributed by atoms with Crippen LogP contribution in [0.15, 0.2) is 0 Å². The van der Waals surface area contributed by atoms with Gasteiger partial charge in [-0.1, -0.05) is 6.92 Å². The summed E-state index contributed by atoms with van der Waals surface area (Å²) >= 11 is 0. The van der Waals surface area contributed by atoms with Crippen molar-refractivity contribution >= 4 is 5.97 Å². The number of carboxylic acids is 1. The molecule has 0 amide bonds. The van der Waals surface area contributed by atoms with Crippen LogP contribution in [0.4, 0.5) is 0 Å². The van der Waals surface area contributed by atoms with E-state index in [9.17, 15) is 0 Å². The standard InChI is InChI=1S/C3H8O2.C3H8O.C2H4O2/c1-3(5)2-4;1-2-3-4;1-2(3)4/h3-5H,2H2,1H3;4H,2-3H2,1H3;1H3,(H,3,4). The van der Waals surface area contributed by atoms with E-state index in [4.69, 9.17) is 25.2 Å². The molecule has 0 aliphatic heterocycles. The highest BCUT2D eigenvalue weighted by molar-refractivity contribution is 5.62. The van der Waals surface area contributed by atoms with E-state index in [0.717, 1.165) is 13.3 Å².